The van der Waals surface area contributed by atoms with Crippen molar-refractivity contribution in [3.05, 3.63) is 17.8 Å². The van der Waals surface area contributed by atoms with Crippen LogP contribution in [0, 0.1) is 0 Å². The van der Waals surface area contributed by atoms with Crippen LogP contribution >= 0.6 is 0 Å². The first-order valence-electron chi connectivity index (χ1n) is 7.78. The van der Waals surface area contributed by atoms with E-state index < -0.39 is 5.97 Å². The Bertz CT molecular complexity index is 449. The molecule has 1 aromatic rings. The minimum atomic E-state index is -0.406. The van der Waals surface area contributed by atoms with Crippen molar-refractivity contribution < 1.29 is 9.53 Å². The van der Waals surface area contributed by atoms with E-state index in [0.717, 1.165) is 6.42 Å². The summed E-state index contributed by atoms with van der Waals surface area (Å²) in [6, 6.07) is 1.86. The zero-order chi connectivity index (χ0) is 15.7. The maximum atomic E-state index is 11.8. The topological polar surface area (TPSA) is 77.2 Å². The molecule has 0 spiro atoms. The van der Waals surface area contributed by atoms with Crippen LogP contribution in [0.1, 0.15) is 63.2 Å². The second-order valence-electron chi connectivity index (χ2n) is 5.24. The summed E-state index contributed by atoms with van der Waals surface area (Å²) in [5.74, 6) is 0.152. The molecule has 1 rings (SSSR count). The standard InChI is InChI=1S/C16H27N3O2/c1-4-6-7-8-9-12(3)19-15-14(17)13(10-11-18-15)16(20)21-5-2/h10-12H,4-9,17H2,1-3H3,(H,18,19). The molecule has 0 radical (unpaired) electrons. The van der Waals surface area contributed by atoms with E-state index in [1.807, 2.05) is 0 Å². The Labute approximate surface area is 127 Å². The summed E-state index contributed by atoms with van der Waals surface area (Å²) >= 11 is 0. The molecule has 0 saturated carbocycles. The van der Waals surface area contributed by atoms with Gasteiger partial charge in [-0.15, -0.1) is 0 Å². The third kappa shape index (κ3) is 5.61. The van der Waals surface area contributed by atoms with Gasteiger partial charge >= 0.3 is 5.97 Å². The van der Waals surface area contributed by atoms with Gasteiger partial charge in [0.05, 0.1) is 17.9 Å². The lowest BCUT2D eigenvalue weighted by atomic mass is 10.1. The summed E-state index contributed by atoms with van der Waals surface area (Å²) in [7, 11) is 0. The van der Waals surface area contributed by atoms with Crippen molar-refractivity contribution >= 4 is 17.5 Å². The van der Waals surface area contributed by atoms with E-state index in [1.165, 1.54) is 25.7 Å². The van der Waals surface area contributed by atoms with Crippen LogP contribution < -0.4 is 11.1 Å². The van der Waals surface area contributed by atoms with Gasteiger partial charge in [-0.25, -0.2) is 9.78 Å². The molecule has 21 heavy (non-hydrogen) atoms. The monoisotopic (exact) mass is 293 g/mol. The molecule has 0 aliphatic carbocycles. The molecule has 0 aliphatic rings. The fraction of sp³-hybridized carbons (Fsp3) is 0.625. The molecular weight excluding hydrogens is 266 g/mol. The number of nitrogens with one attached hydrogen (secondary N) is 1. The second kappa shape index (κ2) is 9.21. The first-order chi connectivity index (χ1) is 10.1. The number of carbonyl (C=O) groups is 1. The largest absolute Gasteiger partial charge is 0.462 e. The highest BCUT2D eigenvalue weighted by atomic mass is 16.5. The maximum absolute atomic E-state index is 11.8. The molecule has 0 fully saturated rings. The molecule has 3 N–H and O–H groups in total. The van der Waals surface area contributed by atoms with Crippen LogP contribution in [0.15, 0.2) is 12.3 Å². The number of anilines is 2. The number of nitrogens with two attached hydrogens (primary N) is 1. The Kier molecular flexibility index (Phi) is 7.58. The van der Waals surface area contributed by atoms with Gasteiger partial charge in [0.2, 0.25) is 0 Å². The van der Waals surface area contributed by atoms with Crippen LogP contribution in [0.3, 0.4) is 0 Å². The van der Waals surface area contributed by atoms with Crippen molar-refractivity contribution in [1.82, 2.24) is 4.98 Å². The fourth-order valence-corrected chi connectivity index (χ4v) is 2.16. The lowest BCUT2D eigenvalue weighted by molar-refractivity contribution is 0.0527. The van der Waals surface area contributed by atoms with Crippen LogP contribution in [0.5, 0.6) is 0 Å². The summed E-state index contributed by atoms with van der Waals surface area (Å²) in [4.78, 5) is 16.0. The van der Waals surface area contributed by atoms with Gasteiger partial charge in [0, 0.05) is 12.2 Å². The Hall–Kier alpha value is -1.78. The van der Waals surface area contributed by atoms with E-state index in [4.69, 9.17) is 10.5 Å². The number of unbranched alkanes of at least 4 members (excludes halogenated alkanes) is 3. The summed E-state index contributed by atoms with van der Waals surface area (Å²) < 4.78 is 4.99. The summed E-state index contributed by atoms with van der Waals surface area (Å²) in [6.07, 6.45) is 7.57. The molecule has 0 bridgehead atoms. The van der Waals surface area contributed by atoms with Crippen LogP contribution in [0.4, 0.5) is 11.5 Å². The molecular formula is C16H27N3O2. The number of aromatic nitrogens is 1. The SMILES string of the molecule is CCCCCCC(C)Nc1nccc(C(=O)OCC)c1N. The van der Waals surface area contributed by atoms with Crippen molar-refractivity contribution in [2.24, 2.45) is 0 Å². The van der Waals surface area contributed by atoms with Crippen molar-refractivity contribution in [2.45, 2.75) is 58.9 Å². The highest BCUT2D eigenvalue weighted by molar-refractivity contribution is 5.97. The molecule has 5 heteroatoms. The molecule has 1 atom stereocenters. The maximum Gasteiger partial charge on any atom is 0.340 e. The van der Waals surface area contributed by atoms with Crippen molar-refractivity contribution in [3.8, 4) is 0 Å². The predicted octanol–water partition coefficient (Wildman–Crippen LogP) is 3.61. The van der Waals surface area contributed by atoms with E-state index in [9.17, 15) is 4.79 Å². The van der Waals surface area contributed by atoms with Gasteiger partial charge in [-0.2, -0.15) is 0 Å². The molecule has 1 unspecified atom stereocenters. The molecule has 0 saturated heterocycles. The van der Waals surface area contributed by atoms with Crippen molar-refractivity contribution in [2.75, 3.05) is 17.7 Å². The van der Waals surface area contributed by atoms with E-state index in [1.54, 1.807) is 19.2 Å². The Morgan fingerprint density at radius 1 is 1.38 bits per heavy atom. The normalized spacial score (nSPS) is 12.0. The molecule has 1 heterocycles. The van der Waals surface area contributed by atoms with Gasteiger partial charge in [0.1, 0.15) is 5.82 Å². The van der Waals surface area contributed by atoms with Crippen molar-refractivity contribution in [1.29, 1.82) is 0 Å². The number of esters is 1. The smallest absolute Gasteiger partial charge is 0.340 e. The number of nitrogen functional groups attached to an aromatic ring is 1. The fourth-order valence-electron chi connectivity index (χ4n) is 2.16. The number of carbonyl (C=O) groups excluding carboxylic acids is 1. The van der Waals surface area contributed by atoms with Crippen LogP contribution in [-0.2, 0) is 4.74 Å². The summed E-state index contributed by atoms with van der Waals surface area (Å²) in [6.45, 7) is 6.40. The zero-order valence-corrected chi connectivity index (χ0v) is 13.3. The van der Waals surface area contributed by atoms with Crippen LogP contribution in [0.25, 0.3) is 0 Å². The molecule has 1 aromatic heterocycles. The number of hydrogen-bond acceptors (Lipinski definition) is 5. The van der Waals surface area contributed by atoms with Gasteiger partial charge in [0.15, 0.2) is 0 Å². The minimum absolute atomic E-state index is 0.272. The van der Waals surface area contributed by atoms with E-state index in [0.29, 0.717) is 23.7 Å². The van der Waals surface area contributed by atoms with Crippen LogP contribution in [-0.4, -0.2) is 23.6 Å². The molecule has 118 valence electrons. The van der Waals surface area contributed by atoms with Crippen LogP contribution in [0.2, 0.25) is 0 Å². The average Bonchev–Trinajstić information content (AvgIpc) is 2.46. The number of rotatable bonds is 9. The molecule has 5 nitrogen and oxygen atoms in total. The van der Waals surface area contributed by atoms with Gasteiger partial charge in [0.25, 0.3) is 0 Å². The van der Waals surface area contributed by atoms with Gasteiger partial charge < -0.3 is 15.8 Å². The highest BCUT2D eigenvalue weighted by Gasteiger charge is 2.15. The Balaban J connectivity index is 2.62. The second-order valence-corrected chi connectivity index (χ2v) is 5.24. The molecule has 0 aliphatic heterocycles. The first kappa shape index (κ1) is 17.3. The Morgan fingerprint density at radius 3 is 2.81 bits per heavy atom. The first-order valence-corrected chi connectivity index (χ1v) is 7.78. The lowest BCUT2D eigenvalue weighted by Gasteiger charge is -2.17. The third-order valence-electron chi connectivity index (χ3n) is 3.36. The number of hydrogen-bond donors (Lipinski definition) is 2. The summed E-state index contributed by atoms with van der Waals surface area (Å²) in [5.41, 5.74) is 6.74. The highest BCUT2D eigenvalue weighted by Crippen LogP contribution is 2.22. The number of nitrogens with zero attached hydrogens (tertiary/aromatic N) is 1. The quantitative estimate of drug-likeness (QED) is 0.537. The number of ether oxygens (including phenoxy) is 1. The predicted molar refractivity (Wildman–Crippen MR) is 86.4 cm³/mol. The molecule has 0 aromatic carbocycles. The van der Waals surface area contributed by atoms with Crippen molar-refractivity contribution in [3.63, 3.8) is 0 Å². The van der Waals surface area contributed by atoms with Gasteiger partial charge in [-0.3, -0.25) is 0 Å². The van der Waals surface area contributed by atoms with Gasteiger partial charge in [-0.05, 0) is 26.3 Å². The van der Waals surface area contributed by atoms with E-state index in [2.05, 4.69) is 24.1 Å². The van der Waals surface area contributed by atoms with E-state index in [-0.39, 0.29) is 6.04 Å². The van der Waals surface area contributed by atoms with Gasteiger partial charge in [-0.1, -0.05) is 32.6 Å². The Morgan fingerprint density at radius 2 is 2.14 bits per heavy atom. The third-order valence-corrected chi connectivity index (χ3v) is 3.36. The summed E-state index contributed by atoms with van der Waals surface area (Å²) in [5, 5.41) is 3.28. The minimum Gasteiger partial charge on any atom is -0.462 e. The number of pyridine rings is 1. The van der Waals surface area contributed by atoms with E-state index >= 15 is 0 Å². The molecule has 0 amide bonds. The average molecular weight is 293 g/mol. The lowest BCUT2D eigenvalue weighted by Crippen LogP contribution is -2.18. The zero-order valence-electron chi connectivity index (χ0n) is 13.3.